The van der Waals surface area contributed by atoms with Crippen LogP contribution >= 0.6 is 0 Å². The molecule has 0 unspecified atom stereocenters. The number of carbonyl (C=O) groups excluding carboxylic acids is 1. The first-order valence-electron chi connectivity index (χ1n) is 5.33. The lowest BCUT2D eigenvalue weighted by atomic mass is 9.93. The summed E-state index contributed by atoms with van der Waals surface area (Å²) in [5.41, 5.74) is 4.99. The molecular weight excluding hydrogens is 230 g/mol. The van der Waals surface area contributed by atoms with Crippen molar-refractivity contribution in [1.29, 1.82) is 0 Å². The summed E-state index contributed by atoms with van der Waals surface area (Å²) in [6.45, 7) is 3.95. The van der Waals surface area contributed by atoms with Crippen LogP contribution in [0.1, 0.15) is 33.1 Å². The van der Waals surface area contributed by atoms with Gasteiger partial charge in [0.1, 0.15) is 0 Å². The van der Waals surface area contributed by atoms with E-state index in [4.69, 9.17) is 10.9 Å². The number of rotatable bonds is 7. The number of amides is 1. The van der Waals surface area contributed by atoms with E-state index >= 15 is 0 Å². The fourth-order valence-corrected chi connectivity index (χ4v) is 1.77. The Bertz CT molecular complexity index is 323. The highest BCUT2D eigenvalue weighted by Gasteiger charge is 2.29. The SMILES string of the molecule is CCC(N)(CC)C(=O)NCCCS(N)(=O)=O. The molecule has 0 spiro atoms. The van der Waals surface area contributed by atoms with E-state index in [-0.39, 0.29) is 18.2 Å². The van der Waals surface area contributed by atoms with Crippen molar-refractivity contribution >= 4 is 15.9 Å². The van der Waals surface area contributed by atoms with Gasteiger partial charge in [0.2, 0.25) is 15.9 Å². The van der Waals surface area contributed by atoms with Crippen molar-refractivity contribution in [2.24, 2.45) is 10.9 Å². The van der Waals surface area contributed by atoms with Crippen molar-refractivity contribution < 1.29 is 13.2 Å². The van der Waals surface area contributed by atoms with E-state index in [1.54, 1.807) is 0 Å². The molecule has 0 saturated carbocycles. The van der Waals surface area contributed by atoms with Crippen LogP contribution in [0.25, 0.3) is 0 Å². The normalized spacial score (nSPS) is 12.5. The monoisotopic (exact) mass is 251 g/mol. The number of hydrogen-bond acceptors (Lipinski definition) is 4. The van der Waals surface area contributed by atoms with E-state index in [0.29, 0.717) is 19.3 Å². The number of carbonyl (C=O) groups is 1. The third-order valence-electron chi connectivity index (χ3n) is 2.61. The molecule has 0 aliphatic heterocycles. The highest BCUT2D eigenvalue weighted by Crippen LogP contribution is 2.10. The Labute approximate surface area is 96.8 Å². The van der Waals surface area contributed by atoms with Gasteiger partial charge < -0.3 is 11.1 Å². The Morgan fingerprint density at radius 1 is 1.31 bits per heavy atom. The second kappa shape index (κ2) is 6.17. The Morgan fingerprint density at radius 3 is 2.19 bits per heavy atom. The van der Waals surface area contributed by atoms with Gasteiger partial charge in [-0.1, -0.05) is 13.8 Å². The van der Waals surface area contributed by atoms with Crippen molar-refractivity contribution in [3.05, 3.63) is 0 Å². The van der Waals surface area contributed by atoms with Gasteiger partial charge in [0, 0.05) is 6.54 Å². The van der Waals surface area contributed by atoms with Crippen LogP contribution in [-0.2, 0) is 14.8 Å². The molecule has 7 heteroatoms. The molecule has 0 aliphatic carbocycles. The maximum absolute atomic E-state index is 11.6. The first kappa shape index (κ1) is 15.3. The Kier molecular flexibility index (Phi) is 5.91. The predicted octanol–water partition coefficient (Wildman–Crippen LogP) is -0.701. The summed E-state index contributed by atoms with van der Waals surface area (Å²) in [6, 6.07) is 0. The molecular formula is C9H21N3O3S. The van der Waals surface area contributed by atoms with Crippen LogP contribution in [0, 0.1) is 0 Å². The zero-order valence-corrected chi connectivity index (χ0v) is 10.6. The Balaban J connectivity index is 3.99. The molecule has 0 aliphatic rings. The number of primary sulfonamides is 1. The molecule has 0 heterocycles. The predicted molar refractivity (Wildman–Crippen MR) is 63.1 cm³/mol. The average molecular weight is 251 g/mol. The van der Waals surface area contributed by atoms with Crippen LogP contribution in [0.5, 0.6) is 0 Å². The van der Waals surface area contributed by atoms with Gasteiger partial charge in [0.15, 0.2) is 0 Å². The summed E-state index contributed by atoms with van der Waals surface area (Å²) in [5, 5.41) is 7.44. The summed E-state index contributed by atoms with van der Waals surface area (Å²) >= 11 is 0. The highest BCUT2D eigenvalue weighted by molar-refractivity contribution is 7.89. The zero-order chi connectivity index (χ0) is 12.8. The van der Waals surface area contributed by atoms with Gasteiger partial charge in [-0.25, -0.2) is 13.6 Å². The molecule has 0 bridgehead atoms. The van der Waals surface area contributed by atoms with Crippen molar-refractivity contribution in [1.82, 2.24) is 5.32 Å². The van der Waals surface area contributed by atoms with Crippen molar-refractivity contribution in [2.75, 3.05) is 12.3 Å². The molecule has 1 amide bonds. The van der Waals surface area contributed by atoms with E-state index in [1.165, 1.54) is 0 Å². The zero-order valence-electron chi connectivity index (χ0n) is 9.82. The number of sulfonamides is 1. The van der Waals surface area contributed by atoms with E-state index in [1.807, 2.05) is 13.8 Å². The van der Waals surface area contributed by atoms with E-state index in [0.717, 1.165) is 0 Å². The minimum atomic E-state index is -3.45. The van der Waals surface area contributed by atoms with Crippen molar-refractivity contribution in [3.8, 4) is 0 Å². The maximum Gasteiger partial charge on any atom is 0.240 e. The van der Waals surface area contributed by atoms with Crippen LogP contribution in [0.2, 0.25) is 0 Å². The van der Waals surface area contributed by atoms with E-state index in [9.17, 15) is 13.2 Å². The molecule has 0 aromatic rings. The van der Waals surface area contributed by atoms with Crippen LogP contribution in [0.3, 0.4) is 0 Å². The molecule has 0 radical (unpaired) electrons. The van der Waals surface area contributed by atoms with Crippen LogP contribution in [-0.4, -0.2) is 32.2 Å². The van der Waals surface area contributed by atoms with E-state index < -0.39 is 15.6 Å². The Morgan fingerprint density at radius 2 is 1.81 bits per heavy atom. The molecule has 96 valence electrons. The summed E-state index contributed by atoms with van der Waals surface area (Å²) < 4.78 is 21.3. The summed E-state index contributed by atoms with van der Waals surface area (Å²) in [4.78, 5) is 11.6. The second-order valence-electron chi connectivity index (χ2n) is 3.84. The molecule has 16 heavy (non-hydrogen) atoms. The van der Waals surface area contributed by atoms with Gasteiger partial charge in [-0.05, 0) is 19.3 Å². The molecule has 0 atom stereocenters. The lowest BCUT2D eigenvalue weighted by Crippen LogP contribution is -2.53. The summed E-state index contributed by atoms with van der Waals surface area (Å²) in [6.07, 6.45) is 1.39. The van der Waals surface area contributed by atoms with Gasteiger partial charge in [0.25, 0.3) is 0 Å². The van der Waals surface area contributed by atoms with Gasteiger partial charge in [-0.15, -0.1) is 0 Å². The topological polar surface area (TPSA) is 115 Å². The van der Waals surface area contributed by atoms with Crippen LogP contribution in [0.4, 0.5) is 0 Å². The van der Waals surface area contributed by atoms with Crippen LogP contribution in [0.15, 0.2) is 0 Å². The van der Waals surface area contributed by atoms with Crippen molar-refractivity contribution in [3.63, 3.8) is 0 Å². The third-order valence-corrected chi connectivity index (χ3v) is 3.46. The first-order valence-corrected chi connectivity index (χ1v) is 7.04. The molecule has 5 N–H and O–H groups in total. The van der Waals surface area contributed by atoms with Gasteiger partial charge in [-0.3, -0.25) is 4.79 Å². The highest BCUT2D eigenvalue weighted by atomic mass is 32.2. The molecule has 0 rings (SSSR count). The molecule has 0 saturated heterocycles. The summed E-state index contributed by atoms with van der Waals surface area (Å²) in [7, 11) is -3.45. The largest absolute Gasteiger partial charge is 0.354 e. The molecule has 0 aromatic carbocycles. The van der Waals surface area contributed by atoms with Gasteiger partial charge in [-0.2, -0.15) is 0 Å². The molecule has 0 fully saturated rings. The lowest BCUT2D eigenvalue weighted by molar-refractivity contribution is -0.126. The Hall–Kier alpha value is -0.660. The standard InChI is InChI=1S/C9H21N3O3S/c1-3-9(10,4-2)8(13)12-6-5-7-16(11,14)15/h3-7,10H2,1-2H3,(H,12,13)(H2,11,14,15). The number of nitrogens with two attached hydrogens (primary N) is 2. The van der Waals surface area contributed by atoms with E-state index in [2.05, 4.69) is 5.32 Å². The molecule has 0 aromatic heterocycles. The minimum Gasteiger partial charge on any atom is -0.354 e. The summed E-state index contributed by atoms with van der Waals surface area (Å²) in [5.74, 6) is -0.379. The smallest absolute Gasteiger partial charge is 0.240 e. The van der Waals surface area contributed by atoms with Crippen LogP contribution < -0.4 is 16.2 Å². The average Bonchev–Trinajstić information content (AvgIpc) is 2.21. The van der Waals surface area contributed by atoms with Gasteiger partial charge >= 0.3 is 0 Å². The fourth-order valence-electron chi connectivity index (χ4n) is 1.22. The van der Waals surface area contributed by atoms with Crippen molar-refractivity contribution in [2.45, 2.75) is 38.6 Å². The second-order valence-corrected chi connectivity index (χ2v) is 5.57. The number of hydrogen-bond donors (Lipinski definition) is 3. The quantitative estimate of drug-likeness (QED) is 0.519. The minimum absolute atomic E-state index is 0.136. The lowest BCUT2D eigenvalue weighted by Gasteiger charge is -2.25. The third kappa shape index (κ3) is 5.43. The molecule has 6 nitrogen and oxygen atoms in total. The first-order chi connectivity index (χ1) is 7.25. The fraction of sp³-hybridized carbons (Fsp3) is 0.889. The van der Waals surface area contributed by atoms with Gasteiger partial charge in [0.05, 0.1) is 11.3 Å². The maximum atomic E-state index is 11.6. The number of nitrogens with one attached hydrogen (secondary N) is 1.